The number of rotatable bonds is 1. The summed E-state index contributed by atoms with van der Waals surface area (Å²) in [5, 5.41) is 7.58. The maximum Gasteiger partial charge on any atom is 0.421 e. The molecule has 1 heterocycles. The van der Waals surface area contributed by atoms with E-state index in [9.17, 15) is 26.0 Å². The van der Waals surface area contributed by atoms with Gasteiger partial charge in [-0.15, -0.1) is 0 Å². The van der Waals surface area contributed by atoms with Gasteiger partial charge in [0.25, 0.3) is 0 Å². The van der Waals surface area contributed by atoms with Gasteiger partial charge in [-0.05, 0) is 12.8 Å². The minimum atomic E-state index is -4.91. The maximum atomic E-state index is 11.3. The zero-order chi connectivity index (χ0) is 12.1. The molecule has 0 amide bonds. The van der Waals surface area contributed by atoms with Crippen LogP contribution in [-0.2, 0) is 9.84 Å². The second-order valence-electron chi connectivity index (χ2n) is 3.05. The molecule has 15 heavy (non-hydrogen) atoms. The topological polar surface area (TPSA) is 54.4 Å². The van der Waals surface area contributed by atoms with Crippen LogP contribution in [0.1, 0.15) is 12.8 Å². The zero-order valence-electron chi connectivity index (χ0n) is 7.80. The molecule has 1 fully saturated rings. The molecule has 3 nitrogen and oxygen atoms in total. The van der Waals surface area contributed by atoms with Gasteiger partial charge in [-0.1, -0.05) is 0 Å². The third kappa shape index (κ3) is 6.67. The first-order valence-corrected chi connectivity index (χ1v) is 6.03. The van der Waals surface area contributed by atoms with Crippen molar-refractivity contribution in [1.82, 2.24) is 0 Å². The molecule has 1 aliphatic rings. The van der Waals surface area contributed by atoms with Crippen LogP contribution >= 0.6 is 0 Å². The Kier molecular flexibility index (Phi) is 5.50. The quantitative estimate of drug-likeness (QED) is 0.710. The molecule has 0 aliphatic carbocycles. The molecule has 8 heteroatoms. The van der Waals surface area contributed by atoms with E-state index in [-0.39, 0.29) is 0 Å². The molecule has 0 radical (unpaired) electrons. The molecule has 1 saturated heterocycles. The van der Waals surface area contributed by atoms with Gasteiger partial charge < -0.3 is 5.11 Å². The first kappa shape index (κ1) is 14.6. The van der Waals surface area contributed by atoms with Crippen LogP contribution in [0.5, 0.6) is 0 Å². The standard InChI is InChI=1S/C4H8O2S.C3H4F4O/c5-7(6)3-1-2-4-7;4-2(1-8)3(5,6)7/h1-4H2;2,8H,1H2. The minimum absolute atomic E-state index is 0.424. The molecule has 1 aliphatic heterocycles. The lowest BCUT2D eigenvalue weighted by molar-refractivity contribution is -0.189. The van der Waals surface area contributed by atoms with E-state index >= 15 is 0 Å². The molecule has 92 valence electrons. The molecular weight excluding hydrogens is 240 g/mol. The van der Waals surface area contributed by atoms with Gasteiger partial charge in [0.1, 0.15) is 9.84 Å². The highest BCUT2D eigenvalue weighted by Crippen LogP contribution is 2.21. The summed E-state index contributed by atoms with van der Waals surface area (Å²) < 4.78 is 64.9. The number of alkyl halides is 4. The van der Waals surface area contributed by atoms with Crippen LogP contribution in [0.4, 0.5) is 17.6 Å². The average Bonchev–Trinajstić information content (AvgIpc) is 2.48. The van der Waals surface area contributed by atoms with Gasteiger partial charge in [0, 0.05) is 0 Å². The SMILES string of the molecule is O=S1(=O)CCCC1.OCC(F)C(F)(F)F. The molecule has 0 saturated carbocycles. The van der Waals surface area contributed by atoms with E-state index < -0.39 is 28.8 Å². The largest absolute Gasteiger partial charge is 0.421 e. The van der Waals surface area contributed by atoms with E-state index in [1.807, 2.05) is 0 Å². The van der Waals surface area contributed by atoms with E-state index in [2.05, 4.69) is 0 Å². The lowest BCUT2D eigenvalue weighted by atomic mass is 10.4. The van der Waals surface area contributed by atoms with Crippen LogP contribution in [0, 0.1) is 0 Å². The van der Waals surface area contributed by atoms with Crippen LogP contribution in [-0.4, -0.2) is 44.0 Å². The van der Waals surface area contributed by atoms with Crippen molar-refractivity contribution in [2.45, 2.75) is 25.2 Å². The van der Waals surface area contributed by atoms with Crippen molar-refractivity contribution in [2.24, 2.45) is 0 Å². The predicted molar refractivity (Wildman–Crippen MR) is 45.9 cm³/mol. The third-order valence-electron chi connectivity index (χ3n) is 1.68. The Labute approximate surface area is 85.0 Å². The number of aliphatic hydroxyl groups excluding tert-OH is 1. The first-order chi connectivity index (χ1) is 6.69. The highest BCUT2D eigenvalue weighted by atomic mass is 32.2. The lowest BCUT2D eigenvalue weighted by Crippen LogP contribution is -2.27. The van der Waals surface area contributed by atoms with Crippen molar-refractivity contribution in [1.29, 1.82) is 0 Å². The summed E-state index contributed by atoms with van der Waals surface area (Å²) in [5.74, 6) is 0.847. The van der Waals surface area contributed by atoms with E-state index in [1.54, 1.807) is 0 Å². The van der Waals surface area contributed by atoms with Crippen molar-refractivity contribution in [3.8, 4) is 0 Å². The monoisotopic (exact) mass is 252 g/mol. The van der Waals surface area contributed by atoms with Gasteiger partial charge in [0.15, 0.2) is 0 Å². The summed E-state index contributed by atoms with van der Waals surface area (Å²) in [6.45, 7) is -1.50. The normalized spacial score (nSPS) is 21.7. The number of halogens is 4. The van der Waals surface area contributed by atoms with Gasteiger partial charge in [0.2, 0.25) is 6.17 Å². The Bertz CT molecular complexity index is 260. The number of sulfone groups is 1. The van der Waals surface area contributed by atoms with E-state index in [4.69, 9.17) is 5.11 Å². The van der Waals surface area contributed by atoms with Crippen LogP contribution in [0.25, 0.3) is 0 Å². The van der Waals surface area contributed by atoms with Gasteiger partial charge in [-0.3, -0.25) is 0 Å². The van der Waals surface area contributed by atoms with Crippen LogP contribution in [0.15, 0.2) is 0 Å². The fourth-order valence-electron chi connectivity index (χ4n) is 0.850. The van der Waals surface area contributed by atoms with Crippen LogP contribution in [0.2, 0.25) is 0 Å². The van der Waals surface area contributed by atoms with Crippen molar-refractivity contribution < 1.29 is 31.1 Å². The van der Waals surface area contributed by atoms with Gasteiger partial charge in [-0.2, -0.15) is 13.2 Å². The first-order valence-electron chi connectivity index (χ1n) is 4.21. The van der Waals surface area contributed by atoms with Crippen molar-refractivity contribution in [3.63, 3.8) is 0 Å². The van der Waals surface area contributed by atoms with Crippen molar-refractivity contribution in [3.05, 3.63) is 0 Å². The van der Waals surface area contributed by atoms with E-state index in [0.717, 1.165) is 12.8 Å². The minimum Gasteiger partial charge on any atom is -0.393 e. The average molecular weight is 252 g/mol. The number of hydrogen-bond donors (Lipinski definition) is 1. The highest BCUT2D eigenvalue weighted by Gasteiger charge is 2.39. The van der Waals surface area contributed by atoms with Crippen LogP contribution < -0.4 is 0 Å². The molecule has 1 rings (SSSR count). The number of hydrogen-bond acceptors (Lipinski definition) is 3. The van der Waals surface area contributed by atoms with Crippen molar-refractivity contribution >= 4 is 9.84 Å². The maximum absolute atomic E-state index is 11.3. The summed E-state index contributed by atoms with van der Waals surface area (Å²) in [6, 6.07) is 0. The summed E-state index contributed by atoms with van der Waals surface area (Å²) >= 11 is 0. The molecule has 1 N–H and O–H groups in total. The Morgan fingerprint density at radius 3 is 1.67 bits per heavy atom. The molecule has 0 aromatic carbocycles. The summed E-state index contributed by atoms with van der Waals surface area (Å²) in [5.41, 5.74) is 0. The molecule has 1 unspecified atom stereocenters. The van der Waals surface area contributed by atoms with Crippen LogP contribution in [0.3, 0.4) is 0 Å². The molecule has 0 bridgehead atoms. The smallest absolute Gasteiger partial charge is 0.393 e. The fourth-order valence-corrected chi connectivity index (χ4v) is 2.34. The Morgan fingerprint density at radius 2 is 1.60 bits per heavy atom. The summed E-state index contributed by atoms with van der Waals surface area (Å²) in [4.78, 5) is 0. The van der Waals surface area contributed by atoms with Crippen molar-refractivity contribution in [2.75, 3.05) is 18.1 Å². The molecule has 1 atom stereocenters. The second kappa shape index (κ2) is 5.64. The zero-order valence-corrected chi connectivity index (χ0v) is 8.61. The lowest BCUT2D eigenvalue weighted by Gasteiger charge is -2.07. The number of aliphatic hydroxyl groups is 1. The molecule has 0 aromatic heterocycles. The molecular formula is C7H12F4O3S. The second-order valence-corrected chi connectivity index (χ2v) is 5.35. The van der Waals surface area contributed by atoms with E-state index in [1.165, 1.54) is 0 Å². The highest BCUT2D eigenvalue weighted by molar-refractivity contribution is 7.91. The summed E-state index contributed by atoms with van der Waals surface area (Å²) in [6.07, 6.45) is -6.25. The summed E-state index contributed by atoms with van der Waals surface area (Å²) in [7, 11) is -2.55. The Balaban J connectivity index is 0.000000262. The molecule has 0 spiro atoms. The predicted octanol–water partition coefficient (Wildman–Crippen LogP) is 1.07. The van der Waals surface area contributed by atoms with Gasteiger partial charge in [0.05, 0.1) is 18.1 Å². The third-order valence-corrected chi connectivity index (χ3v) is 3.50. The molecule has 0 aromatic rings. The van der Waals surface area contributed by atoms with E-state index in [0.29, 0.717) is 11.5 Å². The fraction of sp³-hybridized carbons (Fsp3) is 1.00. The van der Waals surface area contributed by atoms with Gasteiger partial charge in [-0.25, -0.2) is 12.8 Å². The van der Waals surface area contributed by atoms with Gasteiger partial charge >= 0.3 is 6.18 Å². The Morgan fingerprint density at radius 1 is 1.20 bits per heavy atom. The Hall–Kier alpha value is -0.370.